The largest absolute Gasteiger partial charge is 0.446 e. The first-order chi connectivity index (χ1) is 10.8. The number of benzene rings is 1. The van der Waals surface area contributed by atoms with Gasteiger partial charge < -0.3 is 19.2 Å². The fraction of sp³-hybridized carbons (Fsp3) is 0.375. The molecule has 1 amide bonds. The fourth-order valence-corrected chi connectivity index (χ4v) is 2.42. The zero-order valence-electron chi connectivity index (χ0n) is 12.3. The van der Waals surface area contributed by atoms with E-state index >= 15 is 0 Å². The summed E-state index contributed by atoms with van der Waals surface area (Å²) >= 11 is 0. The zero-order valence-corrected chi connectivity index (χ0v) is 12.3. The van der Waals surface area contributed by atoms with Crippen molar-refractivity contribution in [1.82, 2.24) is 10.3 Å². The van der Waals surface area contributed by atoms with Crippen LogP contribution in [0.25, 0.3) is 0 Å². The molecule has 1 saturated heterocycles. The first kappa shape index (κ1) is 14.7. The molecule has 6 heteroatoms. The average molecular weight is 302 g/mol. The highest BCUT2D eigenvalue weighted by Crippen LogP contribution is 2.26. The number of rotatable bonds is 4. The highest BCUT2D eigenvalue weighted by molar-refractivity contribution is 5.81. The number of ether oxygens (including phenoxy) is 2. The van der Waals surface area contributed by atoms with Gasteiger partial charge in [0.25, 0.3) is 5.91 Å². The fourth-order valence-electron chi connectivity index (χ4n) is 2.42. The third-order valence-electron chi connectivity index (χ3n) is 3.61. The number of oxazole rings is 1. The molecular weight excluding hydrogens is 284 g/mol. The predicted molar refractivity (Wildman–Crippen MR) is 78.0 cm³/mol. The molecule has 1 fully saturated rings. The maximum atomic E-state index is 12.4. The predicted octanol–water partition coefficient (Wildman–Crippen LogP) is 1.76. The second-order valence-corrected chi connectivity index (χ2v) is 5.07. The number of hydrogen-bond acceptors (Lipinski definition) is 5. The molecule has 116 valence electrons. The third-order valence-corrected chi connectivity index (χ3v) is 3.61. The van der Waals surface area contributed by atoms with Crippen molar-refractivity contribution in [3.63, 3.8) is 0 Å². The number of carbonyl (C=O) groups excluding carboxylic acids is 1. The van der Waals surface area contributed by atoms with Crippen LogP contribution < -0.4 is 5.32 Å². The summed E-state index contributed by atoms with van der Waals surface area (Å²) in [7, 11) is 0. The second kappa shape index (κ2) is 6.72. The minimum absolute atomic E-state index is 0.218. The van der Waals surface area contributed by atoms with Crippen LogP contribution in [0.1, 0.15) is 23.1 Å². The molecule has 1 aliphatic heterocycles. The average Bonchev–Trinajstić information content (AvgIpc) is 2.98. The molecule has 0 spiro atoms. The summed E-state index contributed by atoms with van der Waals surface area (Å²) in [5.41, 5.74) is 1.69. The summed E-state index contributed by atoms with van der Waals surface area (Å²) in [4.78, 5) is 16.4. The van der Waals surface area contributed by atoms with Crippen molar-refractivity contribution in [2.75, 3.05) is 13.2 Å². The molecule has 0 unspecified atom stereocenters. The molecule has 1 aromatic heterocycles. The molecule has 1 aromatic carbocycles. The summed E-state index contributed by atoms with van der Waals surface area (Å²) in [6.45, 7) is 3.00. The number of nitrogens with one attached hydrogen (secondary N) is 1. The highest BCUT2D eigenvalue weighted by atomic mass is 16.6. The van der Waals surface area contributed by atoms with Gasteiger partial charge in [0.15, 0.2) is 12.5 Å². The molecule has 1 N–H and O–H groups in total. The van der Waals surface area contributed by atoms with Crippen LogP contribution in [-0.2, 0) is 20.8 Å². The van der Waals surface area contributed by atoms with E-state index in [0.29, 0.717) is 19.0 Å². The lowest BCUT2D eigenvalue weighted by molar-refractivity contribution is -0.167. The van der Waals surface area contributed by atoms with Crippen molar-refractivity contribution >= 4 is 5.91 Å². The van der Waals surface area contributed by atoms with Crippen LogP contribution in [0.4, 0.5) is 0 Å². The molecular formula is C16H18N2O4. The van der Waals surface area contributed by atoms with Gasteiger partial charge in [-0.25, -0.2) is 4.98 Å². The van der Waals surface area contributed by atoms with E-state index in [0.717, 1.165) is 11.3 Å². The molecule has 2 heterocycles. The number of carbonyl (C=O) groups is 1. The van der Waals surface area contributed by atoms with Crippen LogP contribution in [-0.4, -0.2) is 30.2 Å². The summed E-state index contributed by atoms with van der Waals surface area (Å²) in [5, 5.41) is 2.82. The first-order valence-electron chi connectivity index (χ1n) is 7.20. The molecule has 0 bridgehead atoms. The van der Waals surface area contributed by atoms with Crippen LogP contribution >= 0.6 is 0 Å². The van der Waals surface area contributed by atoms with E-state index in [9.17, 15) is 4.79 Å². The van der Waals surface area contributed by atoms with Crippen LogP contribution in [0.3, 0.4) is 0 Å². The molecule has 22 heavy (non-hydrogen) atoms. The number of nitrogens with zero attached hydrogens (tertiary/aromatic N) is 1. The lowest BCUT2D eigenvalue weighted by atomic mass is 10.0. The lowest BCUT2D eigenvalue weighted by Crippen LogP contribution is -2.44. The van der Waals surface area contributed by atoms with Crippen molar-refractivity contribution in [1.29, 1.82) is 0 Å². The molecule has 3 rings (SSSR count). The van der Waals surface area contributed by atoms with Gasteiger partial charge in [0, 0.05) is 0 Å². The zero-order chi connectivity index (χ0) is 15.4. The normalized spacial score (nSPS) is 21.5. The Kier molecular flexibility index (Phi) is 4.50. The van der Waals surface area contributed by atoms with Gasteiger partial charge >= 0.3 is 0 Å². The lowest BCUT2D eigenvalue weighted by Gasteiger charge is -2.31. The summed E-state index contributed by atoms with van der Waals surface area (Å²) in [6, 6.07) is 9.62. The Morgan fingerprint density at radius 1 is 1.27 bits per heavy atom. The minimum atomic E-state index is -0.667. The first-order valence-corrected chi connectivity index (χ1v) is 7.20. The molecule has 6 nitrogen and oxygen atoms in total. The summed E-state index contributed by atoms with van der Waals surface area (Å²) < 4.78 is 16.6. The SMILES string of the molecule is Cc1ncoc1CNC(=O)[C@@H]1OCCO[C@@H]1c1ccccc1. The van der Waals surface area contributed by atoms with Crippen LogP contribution in [0.15, 0.2) is 41.1 Å². The highest BCUT2D eigenvalue weighted by Gasteiger charge is 2.34. The van der Waals surface area contributed by atoms with E-state index in [1.54, 1.807) is 0 Å². The van der Waals surface area contributed by atoms with Crippen molar-refractivity contribution in [2.45, 2.75) is 25.7 Å². The number of aromatic nitrogens is 1. The Balaban J connectivity index is 1.68. The molecule has 1 aliphatic rings. The Bertz CT molecular complexity index is 626. The Hall–Kier alpha value is -2.18. The Labute approximate surface area is 128 Å². The number of aryl methyl sites for hydroxylation is 1. The molecule has 0 radical (unpaired) electrons. The van der Waals surface area contributed by atoms with E-state index in [2.05, 4.69) is 10.3 Å². The third kappa shape index (κ3) is 3.18. The maximum Gasteiger partial charge on any atom is 0.252 e. The molecule has 2 atom stereocenters. The molecule has 0 aliphatic carbocycles. The Morgan fingerprint density at radius 2 is 2.05 bits per heavy atom. The van der Waals surface area contributed by atoms with Crippen LogP contribution in [0.5, 0.6) is 0 Å². The van der Waals surface area contributed by atoms with Gasteiger partial charge in [-0.05, 0) is 12.5 Å². The van der Waals surface area contributed by atoms with Gasteiger partial charge in [-0.2, -0.15) is 0 Å². The van der Waals surface area contributed by atoms with Gasteiger partial charge in [-0.15, -0.1) is 0 Å². The van der Waals surface area contributed by atoms with E-state index in [1.807, 2.05) is 37.3 Å². The number of hydrogen-bond donors (Lipinski definition) is 1. The monoisotopic (exact) mass is 302 g/mol. The van der Waals surface area contributed by atoms with Gasteiger partial charge in [-0.1, -0.05) is 30.3 Å². The molecule has 2 aromatic rings. The quantitative estimate of drug-likeness (QED) is 0.931. The van der Waals surface area contributed by atoms with Crippen molar-refractivity contribution in [3.8, 4) is 0 Å². The van der Waals surface area contributed by atoms with Crippen LogP contribution in [0.2, 0.25) is 0 Å². The van der Waals surface area contributed by atoms with Gasteiger partial charge in [0.1, 0.15) is 11.9 Å². The van der Waals surface area contributed by atoms with E-state index in [1.165, 1.54) is 6.39 Å². The smallest absolute Gasteiger partial charge is 0.252 e. The molecule has 0 saturated carbocycles. The van der Waals surface area contributed by atoms with Gasteiger partial charge in [0.2, 0.25) is 0 Å². The van der Waals surface area contributed by atoms with Crippen molar-refractivity contribution in [2.24, 2.45) is 0 Å². The van der Waals surface area contributed by atoms with E-state index < -0.39 is 12.2 Å². The standard InChI is InChI=1S/C16H18N2O4/c1-11-13(22-10-18-11)9-17-16(19)15-14(20-7-8-21-15)12-5-3-2-4-6-12/h2-6,10,14-15H,7-9H2,1H3,(H,17,19)/t14-,15-/m1/s1. The Morgan fingerprint density at radius 3 is 2.77 bits per heavy atom. The van der Waals surface area contributed by atoms with Gasteiger partial charge in [-0.3, -0.25) is 4.79 Å². The number of amides is 1. The van der Waals surface area contributed by atoms with E-state index in [-0.39, 0.29) is 12.5 Å². The van der Waals surface area contributed by atoms with Crippen molar-refractivity contribution in [3.05, 3.63) is 53.7 Å². The topological polar surface area (TPSA) is 73.6 Å². The van der Waals surface area contributed by atoms with Crippen molar-refractivity contribution < 1.29 is 18.7 Å². The minimum Gasteiger partial charge on any atom is -0.446 e. The van der Waals surface area contributed by atoms with Crippen LogP contribution in [0, 0.1) is 6.92 Å². The van der Waals surface area contributed by atoms with E-state index in [4.69, 9.17) is 13.9 Å². The summed E-state index contributed by atoms with van der Waals surface area (Å²) in [5.74, 6) is 0.422. The second-order valence-electron chi connectivity index (χ2n) is 5.07. The van der Waals surface area contributed by atoms with Gasteiger partial charge in [0.05, 0.1) is 25.5 Å². The maximum absolute atomic E-state index is 12.4. The summed E-state index contributed by atoms with van der Waals surface area (Å²) in [6.07, 6.45) is 0.300.